The third-order valence-corrected chi connectivity index (χ3v) is 14.6. The van der Waals surface area contributed by atoms with Crippen molar-refractivity contribution < 1.29 is 43.5 Å². The number of benzene rings is 5. The van der Waals surface area contributed by atoms with Crippen LogP contribution in [0.25, 0.3) is 10.8 Å². The van der Waals surface area contributed by atoms with E-state index < -0.39 is 23.8 Å². The summed E-state index contributed by atoms with van der Waals surface area (Å²) in [7, 11) is 0. The average Bonchev–Trinajstić information content (AvgIpc) is 3.43. The molecule has 12 nitrogen and oxygen atoms in total. The largest absolute Gasteiger partial charge is 0.487 e. The summed E-state index contributed by atoms with van der Waals surface area (Å²) in [5, 5.41) is 27.3. The number of allylic oxidation sites excluding steroid dienone is 1. The predicted molar refractivity (Wildman–Crippen MR) is 286 cm³/mol. The Labute approximate surface area is 435 Å². The van der Waals surface area contributed by atoms with Crippen LogP contribution in [-0.2, 0) is 45.4 Å². The quantitative estimate of drug-likeness (QED) is 0.0323. The molecule has 386 valence electrons. The second-order valence-electron chi connectivity index (χ2n) is 19.5. The van der Waals surface area contributed by atoms with Crippen LogP contribution >= 0.6 is 0 Å². The maximum absolute atomic E-state index is 15.4. The molecule has 6 unspecified atom stereocenters. The zero-order chi connectivity index (χ0) is 51.1. The van der Waals surface area contributed by atoms with E-state index in [4.69, 9.17) is 38.7 Å². The molecule has 1 fully saturated rings. The second kappa shape index (κ2) is 25.4. The number of aliphatic hydroxyl groups excluding tert-OH is 2. The van der Waals surface area contributed by atoms with Gasteiger partial charge in [0.15, 0.2) is 0 Å². The number of aliphatic hydroxyl groups is 2. The van der Waals surface area contributed by atoms with Gasteiger partial charge in [0.1, 0.15) is 37.4 Å². The first-order valence-corrected chi connectivity index (χ1v) is 26.2. The van der Waals surface area contributed by atoms with E-state index in [2.05, 4.69) is 43.0 Å². The highest BCUT2D eigenvalue weighted by Gasteiger charge is 2.65. The monoisotopic (exact) mass is 1000 g/mol. The number of oxime groups is 1. The zero-order valence-electron chi connectivity index (χ0n) is 42.4. The Morgan fingerprint density at radius 1 is 0.824 bits per heavy atom. The summed E-state index contributed by atoms with van der Waals surface area (Å²) in [6.45, 7) is 7.62. The van der Waals surface area contributed by atoms with Gasteiger partial charge in [0.2, 0.25) is 5.79 Å². The molecule has 2 heterocycles. The molecule has 6 atom stereocenters. The third kappa shape index (κ3) is 12.2. The van der Waals surface area contributed by atoms with Gasteiger partial charge in [0, 0.05) is 36.8 Å². The minimum Gasteiger partial charge on any atom is -0.487 e. The Balaban J connectivity index is 1.20. The molecule has 0 radical (unpaired) electrons. The van der Waals surface area contributed by atoms with Crippen LogP contribution in [0.1, 0.15) is 84.5 Å². The number of aromatic nitrogens is 1. The number of pyridine rings is 1. The SMILES string of the molecule is C=CCOC12Oc3ccc(OCc4cccc(C)n4)cc3C3C(CCCCO)C(CCCCO)C=C(C(=NOCc4ccccc4)CC1N(Cc1cccc4ccccc14)C(=O)OCCOCc1ccccc1)C32. The first-order chi connectivity index (χ1) is 36.4. The first kappa shape index (κ1) is 52.0. The number of aryl methyl sites for hydroxylation is 1. The molecule has 1 saturated carbocycles. The van der Waals surface area contributed by atoms with Gasteiger partial charge in [-0.1, -0.05) is 139 Å². The molecule has 74 heavy (non-hydrogen) atoms. The van der Waals surface area contributed by atoms with Crippen molar-refractivity contribution in [3.05, 3.63) is 197 Å². The lowest BCUT2D eigenvalue weighted by molar-refractivity contribution is -0.256. The van der Waals surface area contributed by atoms with Crippen LogP contribution in [0.3, 0.4) is 0 Å². The zero-order valence-corrected chi connectivity index (χ0v) is 42.4. The van der Waals surface area contributed by atoms with E-state index in [1.54, 1.807) is 11.0 Å². The summed E-state index contributed by atoms with van der Waals surface area (Å²) in [6.07, 6.45) is 8.23. The Kier molecular flexibility index (Phi) is 17.9. The van der Waals surface area contributed by atoms with Gasteiger partial charge < -0.3 is 38.7 Å². The number of hydrogen-bond acceptors (Lipinski definition) is 11. The van der Waals surface area contributed by atoms with Gasteiger partial charge in [-0.2, -0.15) is 0 Å². The standard InChI is InChI=1S/C62H69N3O9/c1-3-34-72-62-58(65(40-49-26-17-25-47-23-10-11-28-52(47)49)61(68)70-36-35-69-41-45-19-6-4-7-20-45)39-56(64-73-42-46-21-8-5-9-22-46)54-37-48(24-12-14-32-66)53(29-13-15-33-67)59(60(54)62)55-38-51(30-31-57(55)74-62)71-43-50-27-16-18-44(2)63-50/h3-11,16-23,25-28,30-31,37-38,48,53,58-60,66-67H,1,12-15,24,29,32-36,39-43H2,2H3. The van der Waals surface area contributed by atoms with Crippen molar-refractivity contribution in [1.29, 1.82) is 0 Å². The molecule has 5 aromatic carbocycles. The number of carbonyl (C=O) groups excluding carboxylic acids is 1. The van der Waals surface area contributed by atoms with E-state index in [0.717, 1.165) is 75.7 Å². The van der Waals surface area contributed by atoms with Crippen molar-refractivity contribution >= 4 is 22.6 Å². The van der Waals surface area contributed by atoms with Crippen molar-refractivity contribution in [2.75, 3.05) is 33.0 Å². The topological polar surface area (TPSA) is 141 Å². The molecule has 0 bridgehead atoms. The molecule has 1 aromatic heterocycles. The van der Waals surface area contributed by atoms with Crippen molar-refractivity contribution in [3.63, 3.8) is 0 Å². The van der Waals surface area contributed by atoms with Crippen molar-refractivity contribution in [3.8, 4) is 11.5 Å². The van der Waals surface area contributed by atoms with Gasteiger partial charge in [0.05, 0.1) is 43.7 Å². The molecule has 0 spiro atoms. The van der Waals surface area contributed by atoms with Crippen LogP contribution in [0.5, 0.6) is 11.5 Å². The Morgan fingerprint density at radius 2 is 1.55 bits per heavy atom. The number of ether oxygens (including phenoxy) is 5. The number of amides is 1. The molecular formula is C62H69N3O9. The van der Waals surface area contributed by atoms with E-state index in [-0.39, 0.29) is 77.0 Å². The number of carbonyl (C=O) groups is 1. The third-order valence-electron chi connectivity index (χ3n) is 14.6. The Hall–Kier alpha value is -6.83. The highest BCUT2D eigenvalue weighted by atomic mass is 16.7. The molecule has 1 amide bonds. The molecule has 1 aliphatic heterocycles. The van der Waals surface area contributed by atoms with Crippen molar-refractivity contribution in [2.45, 2.75) is 96.0 Å². The van der Waals surface area contributed by atoms with E-state index in [1.807, 2.05) is 116 Å². The fraction of sp³-hybridized carbons (Fsp3) is 0.371. The highest BCUT2D eigenvalue weighted by Crippen LogP contribution is 2.62. The van der Waals surface area contributed by atoms with E-state index >= 15 is 4.79 Å². The van der Waals surface area contributed by atoms with E-state index in [0.29, 0.717) is 36.7 Å². The average molecular weight is 1000 g/mol. The fourth-order valence-corrected chi connectivity index (χ4v) is 11.3. The van der Waals surface area contributed by atoms with Gasteiger partial charge in [-0.05, 0) is 108 Å². The highest BCUT2D eigenvalue weighted by molar-refractivity contribution is 6.03. The van der Waals surface area contributed by atoms with Crippen LogP contribution in [0.15, 0.2) is 169 Å². The number of fused-ring (bicyclic) bond motifs is 3. The Morgan fingerprint density at radius 3 is 2.32 bits per heavy atom. The predicted octanol–water partition coefficient (Wildman–Crippen LogP) is 11.8. The second-order valence-corrected chi connectivity index (χ2v) is 19.5. The Bertz CT molecular complexity index is 2850. The molecular weight excluding hydrogens is 931 g/mol. The van der Waals surface area contributed by atoms with Crippen molar-refractivity contribution in [1.82, 2.24) is 9.88 Å². The number of rotatable bonds is 25. The lowest BCUT2D eigenvalue weighted by Gasteiger charge is -2.59. The summed E-state index contributed by atoms with van der Waals surface area (Å²) in [4.78, 5) is 28.2. The minimum atomic E-state index is -1.51. The summed E-state index contributed by atoms with van der Waals surface area (Å²) in [5.74, 6) is -0.954. The lowest BCUT2D eigenvalue weighted by Crippen LogP contribution is -2.70. The number of unbranched alkanes of at least 4 members (excludes halogenated alkanes) is 2. The molecule has 9 rings (SSSR count). The summed E-state index contributed by atoms with van der Waals surface area (Å²) >= 11 is 0. The molecule has 12 heteroatoms. The van der Waals surface area contributed by atoms with Crippen molar-refractivity contribution in [2.24, 2.45) is 22.9 Å². The van der Waals surface area contributed by atoms with Gasteiger partial charge in [0.25, 0.3) is 0 Å². The lowest BCUT2D eigenvalue weighted by atomic mass is 9.55. The molecule has 2 aliphatic carbocycles. The van der Waals surface area contributed by atoms with Gasteiger partial charge >= 0.3 is 6.09 Å². The summed E-state index contributed by atoms with van der Waals surface area (Å²) < 4.78 is 33.7. The molecule has 0 saturated heterocycles. The van der Waals surface area contributed by atoms with Crippen LogP contribution in [0, 0.1) is 24.7 Å². The molecule has 2 N–H and O–H groups in total. The normalized spacial score (nSPS) is 21.2. The van der Waals surface area contributed by atoms with Gasteiger partial charge in [-0.15, -0.1) is 6.58 Å². The first-order valence-electron chi connectivity index (χ1n) is 26.2. The maximum Gasteiger partial charge on any atom is 0.410 e. The molecule has 6 aromatic rings. The van der Waals surface area contributed by atoms with E-state index in [9.17, 15) is 10.2 Å². The van der Waals surface area contributed by atoms with Crippen LogP contribution in [0.4, 0.5) is 4.79 Å². The van der Waals surface area contributed by atoms with Gasteiger partial charge in [-0.3, -0.25) is 9.88 Å². The maximum atomic E-state index is 15.4. The van der Waals surface area contributed by atoms with Crippen LogP contribution in [-0.4, -0.2) is 76.8 Å². The smallest absolute Gasteiger partial charge is 0.410 e. The van der Waals surface area contributed by atoms with Crippen LogP contribution in [0.2, 0.25) is 0 Å². The number of hydrogen-bond donors (Lipinski definition) is 2. The molecule has 3 aliphatic rings. The van der Waals surface area contributed by atoms with Gasteiger partial charge in [-0.25, -0.2) is 4.79 Å². The minimum absolute atomic E-state index is 0.0102. The van der Waals surface area contributed by atoms with E-state index in [1.165, 1.54) is 0 Å². The summed E-state index contributed by atoms with van der Waals surface area (Å²) in [5.41, 5.74) is 7.22. The number of nitrogens with zero attached hydrogens (tertiary/aromatic N) is 3. The fourth-order valence-electron chi connectivity index (χ4n) is 11.3. The van der Waals surface area contributed by atoms with Crippen LogP contribution < -0.4 is 9.47 Å². The summed E-state index contributed by atoms with van der Waals surface area (Å²) in [6, 6.07) is 45.2.